The smallest absolute Gasteiger partial charge is 0.0710 e. The van der Waals surface area contributed by atoms with Crippen molar-refractivity contribution in [1.29, 1.82) is 0 Å². The van der Waals surface area contributed by atoms with Crippen molar-refractivity contribution >= 4 is 7.28 Å². The maximum Gasteiger partial charge on any atom is 0.126 e. The minimum absolute atomic E-state index is 0.897. The lowest BCUT2D eigenvalue weighted by atomic mass is 9.53. The van der Waals surface area contributed by atoms with Crippen molar-refractivity contribution in [3.05, 3.63) is 0 Å². The van der Waals surface area contributed by atoms with Crippen LogP contribution in [0.1, 0.15) is 97.3 Å². The molecule has 0 nitrogen and oxygen atoms in total. The summed E-state index contributed by atoms with van der Waals surface area (Å²) in [7, 11) is 1.47. The minimum atomic E-state index is 0.897. The average molecular weight is 250 g/mol. The molecule has 0 aromatic heterocycles. The fourth-order valence-corrected chi connectivity index (χ4v) is 3.50. The quantitative estimate of drug-likeness (QED) is 0.517. The van der Waals surface area contributed by atoms with Gasteiger partial charge in [-0.1, -0.05) is 109 Å². The zero-order valence-corrected chi connectivity index (χ0v) is 13.1. The van der Waals surface area contributed by atoms with Gasteiger partial charge in [0.05, 0.1) is 0 Å². The summed E-state index contributed by atoms with van der Waals surface area (Å²) in [4.78, 5) is 0. The Bertz CT molecular complexity index is 162. The molecular formula is C17H35B. The lowest BCUT2D eigenvalue weighted by Crippen LogP contribution is -2.07. The molecule has 0 N–H and O–H groups in total. The zero-order valence-electron chi connectivity index (χ0n) is 13.1. The summed E-state index contributed by atoms with van der Waals surface area (Å²) in [5.74, 6) is 1.93. The van der Waals surface area contributed by atoms with Gasteiger partial charge in [0, 0.05) is 0 Å². The third kappa shape index (κ3) is 9.06. The van der Waals surface area contributed by atoms with Gasteiger partial charge in [0.15, 0.2) is 0 Å². The van der Waals surface area contributed by atoms with E-state index in [9.17, 15) is 0 Å². The lowest BCUT2D eigenvalue weighted by Gasteiger charge is -2.18. The number of rotatable bonds is 2. The van der Waals surface area contributed by atoms with Gasteiger partial charge in [0.1, 0.15) is 7.28 Å². The fraction of sp³-hybridized carbons (Fsp3) is 1.00. The maximum absolute atomic E-state index is 2.39. The molecule has 0 bridgehead atoms. The van der Waals surface area contributed by atoms with Gasteiger partial charge in [0.25, 0.3) is 0 Å². The van der Waals surface area contributed by atoms with Crippen LogP contribution in [-0.2, 0) is 0 Å². The Hall–Kier alpha value is 0.0649. The molecule has 0 amide bonds. The molecule has 1 rings (SSSR count). The highest BCUT2D eigenvalue weighted by Gasteiger charge is 2.12. The highest BCUT2D eigenvalue weighted by molar-refractivity contribution is 6.39. The molecule has 1 aliphatic rings. The fourth-order valence-electron chi connectivity index (χ4n) is 3.50. The molecule has 1 heteroatoms. The van der Waals surface area contributed by atoms with E-state index in [-0.39, 0.29) is 0 Å². The standard InChI is InChI=1S/C17H35B/c1-16(2)18-17-14-12-10-8-6-4-3-5-7-9-11-13-15-17/h16-18H,3-15H2,1-2H3. The van der Waals surface area contributed by atoms with Crippen LogP contribution < -0.4 is 0 Å². The van der Waals surface area contributed by atoms with E-state index in [1.54, 1.807) is 0 Å². The minimum Gasteiger partial charge on any atom is -0.0710 e. The molecule has 0 heterocycles. The van der Waals surface area contributed by atoms with Crippen LogP contribution in [0.2, 0.25) is 11.6 Å². The van der Waals surface area contributed by atoms with Crippen molar-refractivity contribution in [1.82, 2.24) is 0 Å². The zero-order chi connectivity index (χ0) is 13.1. The summed E-state index contributed by atoms with van der Waals surface area (Å²) in [6.07, 6.45) is 19.5. The van der Waals surface area contributed by atoms with Crippen molar-refractivity contribution in [2.24, 2.45) is 0 Å². The summed E-state index contributed by atoms with van der Waals surface area (Å²) in [6, 6.07) is 0. The molecule has 0 aliphatic heterocycles. The molecule has 0 atom stereocenters. The van der Waals surface area contributed by atoms with Gasteiger partial charge in [-0.15, -0.1) is 0 Å². The monoisotopic (exact) mass is 250 g/mol. The molecule has 0 unspecified atom stereocenters. The summed E-state index contributed by atoms with van der Waals surface area (Å²) in [6.45, 7) is 4.79. The molecule has 18 heavy (non-hydrogen) atoms. The Morgan fingerprint density at radius 1 is 0.611 bits per heavy atom. The van der Waals surface area contributed by atoms with Gasteiger partial charge in [-0.05, 0) is 0 Å². The second-order valence-corrected chi connectivity index (χ2v) is 6.96. The molecule has 1 saturated carbocycles. The van der Waals surface area contributed by atoms with Crippen molar-refractivity contribution in [3.8, 4) is 0 Å². The third-order valence-electron chi connectivity index (χ3n) is 4.53. The van der Waals surface area contributed by atoms with E-state index in [2.05, 4.69) is 13.8 Å². The molecule has 0 aromatic rings. The average Bonchev–Trinajstić information content (AvgIpc) is 2.33. The molecule has 1 fully saturated rings. The second-order valence-electron chi connectivity index (χ2n) is 6.96. The highest BCUT2D eigenvalue weighted by atomic mass is 14.1. The highest BCUT2D eigenvalue weighted by Crippen LogP contribution is 2.26. The van der Waals surface area contributed by atoms with Gasteiger partial charge >= 0.3 is 0 Å². The van der Waals surface area contributed by atoms with Crippen LogP contribution in [0.3, 0.4) is 0 Å². The predicted molar refractivity (Wildman–Crippen MR) is 86.0 cm³/mol. The molecule has 0 radical (unpaired) electrons. The van der Waals surface area contributed by atoms with Crippen molar-refractivity contribution < 1.29 is 0 Å². The molecule has 0 saturated heterocycles. The van der Waals surface area contributed by atoms with E-state index in [1.165, 1.54) is 90.8 Å². The van der Waals surface area contributed by atoms with E-state index in [4.69, 9.17) is 0 Å². The van der Waals surface area contributed by atoms with Crippen LogP contribution in [0.5, 0.6) is 0 Å². The topological polar surface area (TPSA) is 0 Å². The Balaban J connectivity index is 2.24. The van der Waals surface area contributed by atoms with E-state index >= 15 is 0 Å². The van der Waals surface area contributed by atoms with Gasteiger partial charge in [-0.3, -0.25) is 0 Å². The van der Waals surface area contributed by atoms with E-state index in [0.717, 1.165) is 11.6 Å². The van der Waals surface area contributed by atoms with Crippen LogP contribution in [0, 0.1) is 0 Å². The predicted octanol–water partition coefficient (Wildman–Crippen LogP) is 6.12. The van der Waals surface area contributed by atoms with E-state index in [1.807, 2.05) is 0 Å². The Morgan fingerprint density at radius 2 is 0.944 bits per heavy atom. The molecule has 106 valence electrons. The lowest BCUT2D eigenvalue weighted by molar-refractivity contribution is 0.501. The van der Waals surface area contributed by atoms with Crippen molar-refractivity contribution in [2.75, 3.05) is 0 Å². The first kappa shape index (κ1) is 16.1. The van der Waals surface area contributed by atoms with E-state index < -0.39 is 0 Å². The van der Waals surface area contributed by atoms with Crippen molar-refractivity contribution in [3.63, 3.8) is 0 Å². The maximum atomic E-state index is 2.39. The number of hydrogen-bond donors (Lipinski definition) is 0. The summed E-state index contributed by atoms with van der Waals surface area (Å²) in [5, 5.41) is 0. The van der Waals surface area contributed by atoms with Crippen LogP contribution in [-0.4, -0.2) is 7.28 Å². The number of hydrogen-bond acceptors (Lipinski definition) is 0. The normalized spacial score (nSPS) is 22.6. The van der Waals surface area contributed by atoms with Crippen LogP contribution in [0.4, 0.5) is 0 Å². The molecular weight excluding hydrogens is 215 g/mol. The Kier molecular flexibility index (Phi) is 9.80. The van der Waals surface area contributed by atoms with Crippen molar-refractivity contribution in [2.45, 2.75) is 109 Å². The largest absolute Gasteiger partial charge is 0.126 e. The Labute approximate surface area is 117 Å². The first-order valence-electron chi connectivity index (χ1n) is 8.79. The van der Waals surface area contributed by atoms with Crippen LogP contribution >= 0.6 is 0 Å². The summed E-state index contributed by atoms with van der Waals surface area (Å²) in [5.41, 5.74) is 0. The molecule has 0 aromatic carbocycles. The third-order valence-corrected chi connectivity index (χ3v) is 4.53. The first-order valence-corrected chi connectivity index (χ1v) is 8.79. The molecule has 0 spiro atoms. The van der Waals surface area contributed by atoms with Gasteiger partial charge in [0.2, 0.25) is 0 Å². The van der Waals surface area contributed by atoms with E-state index in [0.29, 0.717) is 0 Å². The van der Waals surface area contributed by atoms with Gasteiger partial charge in [-0.25, -0.2) is 0 Å². The van der Waals surface area contributed by atoms with Gasteiger partial charge < -0.3 is 0 Å². The summed E-state index contributed by atoms with van der Waals surface area (Å²) >= 11 is 0. The summed E-state index contributed by atoms with van der Waals surface area (Å²) < 4.78 is 0. The Morgan fingerprint density at radius 3 is 1.28 bits per heavy atom. The first-order chi connectivity index (χ1) is 8.79. The van der Waals surface area contributed by atoms with Crippen LogP contribution in [0.15, 0.2) is 0 Å². The molecule has 1 aliphatic carbocycles. The second kappa shape index (κ2) is 10.9. The SMILES string of the molecule is CC(C)BC1CCCCCCCCCCCCC1. The van der Waals surface area contributed by atoms with Crippen LogP contribution in [0.25, 0.3) is 0 Å². The van der Waals surface area contributed by atoms with Gasteiger partial charge in [-0.2, -0.15) is 0 Å².